The number of rotatable bonds is 4. The zero-order chi connectivity index (χ0) is 20.5. The van der Waals surface area contributed by atoms with Crippen LogP contribution in [0.25, 0.3) is 16.7 Å². The van der Waals surface area contributed by atoms with Crippen LogP contribution in [0.4, 0.5) is 4.39 Å². The molecule has 0 radical (unpaired) electrons. The number of nitrogens with zero attached hydrogens (tertiary/aromatic N) is 2. The molecule has 0 N–H and O–H groups in total. The SMILES string of the molecule is Cl.O=c1cc(CCc2ccc(F)cn2)ccn1-c1ccc2c3c(oc2c1)CCCCC3. The molecule has 0 aliphatic heterocycles. The van der Waals surface area contributed by atoms with Crippen LogP contribution in [0, 0.1) is 5.82 Å². The Bertz CT molecular complexity index is 1260. The van der Waals surface area contributed by atoms with Gasteiger partial charge in [-0.05, 0) is 68.0 Å². The molecule has 0 bridgehead atoms. The van der Waals surface area contributed by atoms with E-state index in [1.807, 2.05) is 24.4 Å². The van der Waals surface area contributed by atoms with E-state index in [4.69, 9.17) is 4.42 Å². The number of aromatic nitrogens is 2. The minimum Gasteiger partial charge on any atom is -0.461 e. The molecular formula is C25H24ClFN2O2. The van der Waals surface area contributed by atoms with Crippen molar-refractivity contribution in [2.24, 2.45) is 0 Å². The molecule has 0 fully saturated rings. The maximum Gasteiger partial charge on any atom is 0.255 e. The first kappa shape index (κ1) is 21.3. The van der Waals surface area contributed by atoms with Crippen LogP contribution in [-0.2, 0) is 25.7 Å². The second-order valence-corrected chi connectivity index (χ2v) is 7.96. The highest BCUT2D eigenvalue weighted by Crippen LogP contribution is 2.32. The van der Waals surface area contributed by atoms with Gasteiger partial charge in [0.05, 0.1) is 11.9 Å². The summed E-state index contributed by atoms with van der Waals surface area (Å²) in [5, 5.41) is 1.17. The van der Waals surface area contributed by atoms with E-state index in [0.717, 1.165) is 41.1 Å². The Labute approximate surface area is 186 Å². The first-order chi connectivity index (χ1) is 14.7. The molecule has 0 spiro atoms. The second-order valence-electron chi connectivity index (χ2n) is 7.96. The normalized spacial score (nSPS) is 13.5. The summed E-state index contributed by atoms with van der Waals surface area (Å²) in [6.45, 7) is 0. The van der Waals surface area contributed by atoms with Crippen LogP contribution in [-0.4, -0.2) is 9.55 Å². The summed E-state index contributed by atoms with van der Waals surface area (Å²) in [6.07, 6.45) is 10.1. The Hall–Kier alpha value is -2.92. The van der Waals surface area contributed by atoms with E-state index in [1.165, 1.54) is 42.5 Å². The molecule has 3 heterocycles. The van der Waals surface area contributed by atoms with Crippen LogP contribution < -0.4 is 5.56 Å². The van der Waals surface area contributed by atoms with Crippen molar-refractivity contribution in [3.63, 3.8) is 0 Å². The van der Waals surface area contributed by atoms with E-state index in [1.54, 1.807) is 16.7 Å². The smallest absolute Gasteiger partial charge is 0.255 e. The van der Waals surface area contributed by atoms with Crippen molar-refractivity contribution in [3.05, 3.63) is 93.6 Å². The standard InChI is InChI=1S/C25H23FN2O2.ClH/c26-18-7-9-19(27-16-18)8-6-17-12-13-28(25(29)14-17)20-10-11-22-21-4-2-1-3-5-23(21)30-24(22)15-20;/h7,9-16H,1-6,8H2;1H. The predicted molar refractivity (Wildman–Crippen MR) is 122 cm³/mol. The molecule has 4 nitrogen and oxygen atoms in total. The lowest BCUT2D eigenvalue weighted by Crippen LogP contribution is -2.17. The molecule has 1 aliphatic carbocycles. The molecule has 6 heteroatoms. The van der Waals surface area contributed by atoms with Crippen LogP contribution in [0.3, 0.4) is 0 Å². The summed E-state index contributed by atoms with van der Waals surface area (Å²) in [5.41, 5.74) is 4.68. The molecule has 0 amide bonds. The number of halogens is 2. The molecular weight excluding hydrogens is 415 g/mol. The minimum atomic E-state index is -0.341. The van der Waals surface area contributed by atoms with Gasteiger partial charge in [-0.25, -0.2) is 4.39 Å². The highest BCUT2D eigenvalue weighted by molar-refractivity contribution is 5.85. The molecule has 0 atom stereocenters. The van der Waals surface area contributed by atoms with Crippen molar-refractivity contribution in [1.29, 1.82) is 0 Å². The number of furan rings is 1. The van der Waals surface area contributed by atoms with Gasteiger partial charge >= 0.3 is 0 Å². The van der Waals surface area contributed by atoms with E-state index in [-0.39, 0.29) is 23.8 Å². The number of hydrogen-bond acceptors (Lipinski definition) is 3. The fourth-order valence-corrected chi connectivity index (χ4v) is 4.29. The molecule has 4 aromatic rings. The molecule has 160 valence electrons. The summed E-state index contributed by atoms with van der Waals surface area (Å²) >= 11 is 0. The first-order valence-corrected chi connectivity index (χ1v) is 10.5. The first-order valence-electron chi connectivity index (χ1n) is 10.5. The van der Waals surface area contributed by atoms with Crippen molar-refractivity contribution in [3.8, 4) is 5.69 Å². The van der Waals surface area contributed by atoms with Gasteiger partial charge in [0, 0.05) is 41.4 Å². The summed E-state index contributed by atoms with van der Waals surface area (Å²) < 4.78 is 20.8. The van der Waals surface area contributed by atoms with Gasteiger partial charge in [-0.1, -0.05) is 6.42 Å². The maximum atomic E-state index is 13.0. The van der Waals surface area contributed by atoms with Crippen molar-refractivity contribution in [1.82, 2.24) is 9.55 Å². The third-order valence-corrected chi connectivity index (χ3v) is 5.91. The maximum absolute atomic E-state index is 13.0. The van der Waals surface area contributed by atoms with Crippen molar-refractivity contribution in [2.45, 2.75) is 44.9 Å². The third-order valence-electron chi connectivity index (χ3n) is 5.91. The highest BCUT2D eigenvalue weighted by Gasteiger charge is 2.17. The molecule has 1 aromatic carbocycles. The van der Waals surface area contributed by atoms with Crippen LogP contribution in [0.2, 0.25) is 0 Å². The molecule has 3 aromatic heterocycles. The molecule has 0 unspecified atom stereocenters. The van der Waals surface area contributed by atoms with Gasteiger partial charge in [0.2, 0.25) is 0 Å². The average molecular weight is 439 g/mol. The number of pyridine rings is 2. The van der Waals surface area contributed by atoms with E-state index >= 15 is 0 Å². The quantitative estimate of drug-likeness (QED) is 0.390. The summed E-state index contributed by atoms with van der Waals surface area (Å²) in [7, 11) is 0. The Morgan fingerprint density at radius 3 is 2.68 bits per heavy atom. The monoisotopic (exact) mass is 438 g/mol. The Balaban J connectivity index is 0.00000231. The fraction of sp³-hybridized carbons (Fsp3) is 0.280. The molecule has 0 saturated carbocycles. The number of benzene rings is 1. The van der Waals surface area contributed by atoms with E-state index in [0.29, 0.717) is 12.8 Å². The molecule has 1 aliphatic rings. The van der Waals surface area contributed by atoms with Gasteiger partial charge in [0.1, 0.15) is 17.2 Å². The van der Waals surface area contributed by atoms with Crippen molar-refractivity contribution < 1.29 is 8.81 Å². The molecule has 31 heavy (non-hydrogen) atoms. The van der Waals surface area contributed by atoms with Crippen molar-refractivity contribution in [2.75, 3.05) is 0 Å². The Kier molecular flexibility index (Phi) is 6.23. The predicted octanol–water partition coefficient (Wildman–Crippen LogP) is 5.59. The van der Waals surface area contributed by atoms with E-state index in [9.17, 15) is 9.18 Å². The summed E-state index contributed by atoms with van der Waals surface area (Å²) in [6, 6.07) is 12.7. The lowest BCUT2D eigenvalue weighted by atomic mass is 10.1. The Morgan fingerprint density at radius 2 is 1.87 bits per heavy atom. The number of hydrogen-bond donors (Lipinski definition) is 0. The van der Waals surface area contributed by atoms with Gasteiger partial charge in [0.15, 0.2) is 0 Å². The zero-order valence-corrected chi connectivity index (χ0v) is 18.0. The van der Waals surface area contributed by atoms with Crippen LogP contribution in [0.15, 0.2) is 64.1 Å². The topological polar surface area (TPSA) is 48.0 Å². The lowest BCUT2D eigenvalue weighted by molar-refractivity contribution is 0.538. The lowest BCUT2D eigenvalue weighted by Gasteiger charge is -2.08. The highest BCUT2D eigenvalue weighted by atomic mass is 35.5. The van der Waals surface area contributed by atoms with Gasteiger partial charge in [0.25, 0.3) is 5.56 Å². The second kappa shape index (κ2) is 9.06. The van der Waals surface area contributed by atoms with Crippen molar-refractivity contribution >= 4 is 23.4 Å². The largest absolute Gasteiger partial charge is 0.461 e. The molecule has 5 rings (SSSR count). The summed E-state index contributed by atoms with van der Waals surface area (Å²) in [4.78, 5) is 16.8. The van der Waals surface area contributed by atoms with Crippen LogP contribution in [0.5, 0.6) is 0 Å². The Morgan fingerprint density at radius 1 is 1.00 bits per heavy atom. The number of fused-ring (bicyclic) bond motifs is 3. The molecule has 0 saturated heterocycles. The van der Waals surface area contributed by atoms with Crippen LogP contribution >= 0.6 is 12.4 Å². The third kappa shape index (κ3) is 4.42. The van der Waals surface area contributed by atoms with Gasteiger partial charge in [-0.3, -0.25) is 14.3 Å². The van der Waals surface area contributed by atoms with Gasteiger partial charge in [-0.15, -0.1) is 12.4 Å². The number of aryl methyl sites for hydroxylation is 4. The van der Waals surface area contributed by atoms with Gasteiger partial charge in [-0.2, -0.15) is 0 Å². The van der Waals surface area contributed by atoms with Gasteiger partial charge < -0.3 is 4.42 Å². The average Bonchev–Trinajstić information content (AvgIpc) is 2.93. The fourth-order valence-electron chi connectivity index (χ4n) is 4.29. The minimum absolute atomic E-state index is 0. The van der Waals surface area contributed by atoms with E-state index in [2.05, 4.69) is 11.1 Å². The van der Waals surface area contributed by atoms with Crippen LogP contribution in [0.1, 0.15) is 41.8 Å². The summed E-state index contributed by atoms with van der Waals surface area (Å²) in [5.74, 6) is 0.767. The zero-order valence-electron chi connectivity index (χ0n) is 17.1. The van der Waals surface area contributed by atoms with E-state index < -0.39 is 0 Å².